The van der Waals surface area contributed by atoms with Crippen LogP contribution in [0.25, 0.3) is 11.4 Å². The highest BCUT2D eigenvalue weighted by Gasteiger charge is 2.16. The standard InChI is InChI=1S/C20H21ClN4OS/c1-4-25-19(16-7-5-6-8-17(16)21)23-24-20(25)27-12-18(26)22-15-10-13(2)9-14(3)11-15/h5-11H,4,12H2,1-3H3,(H,22,26). The van der Waals surface area contributed by atoms with Crippen LogP contribution in [0.4, 0.5) is 5.69 Å². The molecule has 7 heteroatoms. The molecule has 1 heterocycles. The summed E-state index contributed by atoms with van der Waals surface area (Å²) in [5.74, 6) is 0.892. The van der Waals surface area contributed by atoms with E-state index in [1.807, 2.05) is 61.7 Å². The second-order valence-electron chi connectivity index (χ2n) is 6.24. The van der Waals surface area contributed by atoms with Gasteiger partial charge in [0.15, 0.2) is 11.0 Å². The number of hydrogen-bond acceptors (Lipinski definition) is 4. The number of benzene rings is 2. The second kappa shape index (κ2) is 8.59. The quantitative estimate of drug-likeness (QED) is 0.593. The fourth-order valence-corrected chi connectivity index (χ4v) is 3.92. The highest BCUT2D eigenvalue weighted by atomic mass is 35.5. The summed E-state index contributed by atoms with van der Waals surface area (Å²) in [4.78, 5) is 12.3. The Morgan fingerprint density at radius 2 is 1.85 bits per heavy atom. The van der Waals surface area contributed by atoms with Crippen molar-refractivity contribution in [3.8, 4) is 11.4 Å². The van der Waals surface area contributed by atoms with Crippen LogP contribution in [-0.4, -0.2) is 26.4 Å². The number of aromatic nitrogens is 3. The van der Waals surface area contributed by atoms with Gasteiger partial charge in [-0.25, -0.2) is 0 Å². The number of rotatable bonds is 6. The van der Waals surface area contributed by atoms with Gasteiger partial charge in [-0.3, -0.25) is 4.79 Å². The Balaban J connectivity index is 1.71. The number of hydrogen-bond donors (Lipinski definition) is 1. The third-order valence-electron chi connectivity index (χ3n) is 3.99. The number of anilines is 1. The van der Waals surface area contributed by atoms with Gasteiger partial charge in [-0.1, -0.05) is 41.6 Å². The van der Waals surface area contributed by atoms with Crippen LogP contribution in [0.3, 0.4) is 0 Å². The molecule has 0 fully saturated rings. The lowest BCUT2D eigenvalue weighted by molar-refractivity contribution is -0.113. The highest BCUT2D eigenvalue weighted by Crippen LogP contribution is 2.29. The van der Waals surface area contributed by atoms with Gasteiger partial charge in [0.2, 0.25) is 5.91 Å². The van der Waals surface area contributed by atoms with Crippen LogP contribution in [-0.2, 0) is 11.3 Å². The van der Waals surface area contributed by atoms with Crippen molar-refractivity contribution in [2.24, 2.45) is 0 Å². The predicted octanol–water partition coefficient (Wildman–Crippen LogP) is 4.97. The van der Waals surface area contributed by atoms with E-state index >= 15 is 0 Å². The minimum atomic E-state index is -0.0741. The molecule has 0 saturated heterocycles. The summed E-state index contributed by atoms with van der Waals surface area (Å²) < 4.78 is 1.97. The molecule has 0 saturated carbocycles. The topological polar surface area (TPSA) is 59.8 Å². The van der Waals surface area contributed by atoms with Crippen molar-refractivity contribution in [1.82, 2.24) is 14.8 Å². The number of amides is 1. The maximum Gasteiger partial charge on any atom is 0.234 e. The average Bonchev–Trinajstić information content (AvgIpc) is 3.02. The fraction of sp³-hybridized carbons (Fsp3) is 0.250. The van der Waals surface area contributed by atoms with E-state index in [9.17, 15) is 4.79 Å². The predicted molar refractivity (Wildman–Crippen MR) is 111 cm³/mol. The molecule has 0 atom stereocenters. The Labute approximate surface area is 168 Å². The zero-order valence-corrected chi connectivity index (χ0v) is 17.1. The van der Waals surface area contributed by atoms with Crippen LogP contribution in [0.2, 0.25) is 5.02 Å². The molecule has 1 aromatic heterocycles. The van der Waals surface area contributed by atoms with Crippen molar-refractivity contribution in [3.63, 3.8) is 0 Å². The van der Waals surface area contributed by atoms with Crippen LogP contribution >= 0.6 is 23.4 Å². The molecule has 5 nitrogen and oxygen atoms in total. The first-order valence-electron chi connectivity index (χ1n) is 8.67. The van der Waals surface area contributed by atoms with Gasteiger partial charge in [0, 0.05) is 17.8 Å². The summed E-state index contributed by atoms with van der Waals surface area (Å²) in [6, 6.07) is 13.5. The molecule has 0 spiro atoms. The largest absolute Gasteiger partial charge is 0.325 e. The minimum absolute atomic E-state index is 0.0741. The summed E-state index contributed by atoms with van der Waals surface area (Å²) in [5, 5.41) is 12.8. The van der Waals surface area contributed by atoms with Crippen LogP contribution in [0.5, 0.6) is 0 Å². The van der Waals surface area contributed by atoms with Crippen molar-refractivity contribution in [1.29, 1.82) is 0 Å². The van der Waals surface area contributed by atoms with Gasteiger partial charge >= 0.3 is 0 Å². The van der Waals surface area contributed by atoms with Gasteiger partial charge in [0.25, 0.3) is 0 Å². The summed E-state index contributed by atoms with van der Waals surface area (Å²) >= 11 is 7.65. The molecule has 0 bridgehead atoms. The molecule has 0 unspecified atom stereocenters. The lowest BCUT2D eigenvalue weighted by Gasteiger charge is -2.09. The number of halogens is 1. The molecule has 0 aliphatic rings. The summed E-state index contributed by atoms with van der Waals surface area (Å²) in [7, 11) is 0. The summed E-state index contributed by atoms with van der Waals surface area (Å²) in [5.41, 5.74) is 3.88. The van der Waals surface area contributed by atoms with Crippen molar-refractivity contribution in [3.05, 3.63) is 58.6 Å². The molecule has 2 aromatic carbocycles. The van der Waals surface area contributed by atoms with Crippen molar-refractivity contribution in [2.75, 3.05) is 11.1 Å². The van der Waals surface area contributed by atoms with Gasteiger partial charge < -0.3 is 9.88 Å². The number of carbonyl (C=O) groups is 1. The molecular formula is C20H21ClN4OS. The van der Waals surface area contributed by atoms with E-state index in [0.29, 0.717) is 22.5 Å². The number of nitrogens with one attached hydrogen (secondary N) is 1. The molecule has 0 aliphatic carbocycles. The highest BCUT2D eigenvalue weighted by molar-refractivity contribution is 7.99. The average molecular weight is 401 g/mol. The van der Waals surface area contributed by atoms with Crippen molar-refractivity contribution in [2.45, 2.75) is 32.5 Å². The number of aryl methyl sites for hydroxylation is 2. The van der Waals surface area contributed by atoms with E-state index in [4.69, 9.17) is 11.6 Å². The molecule has 0 aliphatic heterocycles. The zero-order chi connectivity index (χ0) is 19.4. The van der Waals surface area contributed by atoms with Crippen LogP contribution in [0.15, 0.2) is 47.6 Å². The molecule has 1 amide bonds. The lowest BCUT2D eigenvalue weighted by atomic mass is 10.1. The third-order valence-corrected chi connectivity index (χ3v) is 5.28. The molecular weight excluding hydrogens is 380 g/mol. The van der Waals surface area contributed by atoms with Gasteiger partial charge in [-0.2, -0.15) is 0 Å². The van der Waals surface area contributed by atoms with Crippen LogP contribution in [0, 0.1) is 13.8 Å². The Hall–Kier alpha value is -2.31. The van der Waals surface area contributed by atoms with Crippen molar-refractivity contribution < 1.29 is 4.79 Å². The SMILES string of the molecule is CCn1c(SCC(=O)Nc2cc(C)cc(C)c2)nnc1-c1ccccc1Cl. The molecule has 0 radical (unpaired) electrons. The van der Waals surface area contributed by atoms with E-state index in [0.717, 1.165) is 22.4 Å². The van der Waals surface area contributed by atoms with Gasteiger partial charge in [-0.05, 0) is 56.2 Å². The van der Waals surface area contributed by atoms with E-state index < -0.39 is 0 Å². The first-order chi connectivity index (χ1) is 13.0. The Morgan fingerprint density at radius 1 is 1.15 bits per heavy atom. The van der Waals surface area contributed by atoms with Gasteiger partial charge in [-0.15, -0.1) is 10.2 Å². The van der Waals surface area contributed by atoms with Gasteiger partial charge in [0.1, 0.15) is 0 Å². The Bertz CT molecular complexity index is 950. The number of thioether (sulfide) groups is 1. The first-order valence-corrected chi connectivity index (χ1v) is 10.0. The van der Waals surface area contributed by atoms with E-state index in [1.165, 1.54) is 11.8 Å². The van der Waals surface area contributed by atoms with Crippen molar-refractivity contribution >= 4 is 35.0 Å². The van der Waals surface area contributed by atoms with Crippen LogP contribution < -0.4 is 5.32 Å². The smallest absolute Gasteiger partial charge is 0.234 e. The van der Waals surface area contributed by atoms with E-state index in [2.05, 4.69) is 21.6 Å². The van der Waals surface area contributed by atoms with Crippen LogP contribution in [0.1, 0.15) is 18.1 Å². The summed E-state index contributed by atoms with van der Waals surface area (Å²) in [6.45, 7) is 6.73. The normalized spacial score (nSPS) is 10.8. The molecule has 27 heavy (non-hydrogen) atoms. The zero-order valence-electron chi connectivity index (χ0n) is 15.5. The first kappa shape index (κ1) is 19.5. The maximum absolute atomic E-state index is 12.3. The second-order valence-corrected chi connectivity index (χ2v) is 7.59. The van der Waals surface area contributed by atoms with E-state index in [1.54, 1.807) is 0 Å². The number of nitrogens with zero attached hydrogens (tertiary/aromatic N) is 3. The van der Waals surface area contributed by atoms with E-state index in [-0.39, 0.29) is 11.7 Å². The maximum atomic E-state index is 12.3. The molecule has 3 rings (SSSR count). The van der Waals surface area contributed by atoms with Gasteiger partial charge in [0.05, 0.1) is 10.8 Å². The summed E-state index contributed by atoms with van der Waals surface area (Å²) in [6.07, 6.45) is 0. The lowest BCUT2D eigenvalue weighted by Crippen LogP contribution is -2.15. The Kier molecular flexibility index (Phi) is 6.19. The number of carbonyl (C=O) groups excluding carboxylic acids is 1. The molecule has 3 aromatic rings. The minimum Gasteiger partial charge on any atom is -0.325 e. The third kappa shape index (κ3) is 4.70. The monoisotopic (exact) mass is 400 g/mol. The molecule has 140 valence electrons. The molecule has 1 N–H and O–H groups in total. The Morgan fingerprint density at radius 3 is 2.52 bits per heavy atom. The fourth-order valence-electron chi connectivity index (χ4n) is 2.90.